The molecular formula is C23H27N3O4S. The Labute approximate surface area is 185 Å². The molecule has 1 saturated heterocycles. The van der Waals surface area contributed by atoms with Gasteiger partial charge in [0.25, 0.3) is 0 Å². The number of nitrogens with zero attached hydrogens (tertiary/aromatic N) is 2. The number of fused-ring (bicyclic) bond motifs is 1. The number of furan rings is 1. The molecule has 1 aliphatic heterocycles. The minimum Gasteiger partial charge on any atom is -0.467 e. The molecule has 7 nitrogen and oxygen atoms in total. The number of para-hydroxylation sites is 1. The number of carbonyl (C=O) groups is 2. The lowest BCUT2D eigenvalue weighted by Gasteiger charge is -2.35. The number of ether oxygens (including phenoxy) is 1. The molecule has 4 rings (SSSR count). The Morgan fingerprint density at radius 2 is 1.90 bits per heavy atom. The number of morpholine rings is 1. The summed E-state index contributed by atoms with van der Waals surface area (Å²) < 4.78 is 13.0. The van der Waals surface area contributed by atoms with Crippen LogP contribution in [0.2, 0.25) is 0 Å². The van der Waals surface area contributed by atoms with Crippen LogP contribution in [0.15, 0.2) is 58.2 Å². The maximum Gasteiger partial charge on any atom is 0.242 e. The number of hydrogen-bond acceptors (Lipinski definition) is 5. The topological polar surface area (TPSA) is 76.7 Å². The molecule has 31 heavy (non-hydrogen) atoms. The van der Waals surface area contributed by atoms with E-state index in [1.807, 2.05) is 59.8 Å². The van der Waals surface area contributed by atoms with Crippen LogP contribution in [0.4, 0.5) is 0 Å². The molecule has 0 aliphatic carbocycles. The predicted molar refractivity (Wildman–Crippen MR) is 120 cm³/mol. The fraction of sp³-hybridized carbons (Fsp3) is 0.391. The zero-order valence-electron chi connectivity index (χ0n) is 17.7. The molecule has 8 heteroatoms. The molecule has 1 fully saturated rings. The Morgan fingerprint density at radius 1 is 1.13 bits per heavy atom. The summed E-state index contributed by atoms with van der Waals surface area (Å²) in [5, 5.41) is 3.90. The van der Waals surface area contributed by atoms with Gasteiger partial charge in [-0.3, -0.25) is 9.59 Å². The number of nitrogens with one attached hydrogen (secondary N) is 1. The Bertz CT molecular complexity index is 1040. The smallest absolute Gasteiger partial charge is 0.242 e. The maximum absolute atomic E-state index is 12.9. The number of rotatable bonds is 7. The molecular weight excluding hydrogens is 414 g/mol. The van der Waals surface area contributed by atoms with E-state index in [2.05, 4.69) is 5.32 Å². The van der Waals surface area contributed by atoms with E-state index in [0.717, 1.165) is 21.6 Å². The zero-order valence-corrected chi connectivity index (χ0v) is 18.6. The largest absolute Gasteiger partial charge is 0.467 e. The van der Waals surface area contributed by atoms with E-state index in [1.54, 1.807) is 12.3 Å². The number of carbonyl (C=O) groups excluding carboxylic acids is 2. The van der Waals surface area contributed by atoms with Gasteiger partial charge in [0, 0.05) is 35.1 Å². The fourth-order valence-corrected chi connectivity index (χ4v) is 4.80. The highest BCUT2D eigenvalue weighted by atomic mass is 32.2. The lowest BCUT2D eigenvalue weighted by molar-refractivity contribution is -0.143. The van der Waals surface area contributed by atoms with Crippen molar-refractivity contribution in [3.05, 3.63) is 54.6 Å². The van der Waals surface area contributed by atoms with E-state index in [-0.39, 0.29) is 30.6 Å². The Balaban J connectivity index is 1.42. The number of aromatic nitrogens is 1. The summed E-state index contributed by atoms with van der Waals surface area (Å²) in [4.78, 5) is 28.1. The summed E-state index contributed by atoms with van der Waals surface area (Å²) in [6, 6.07) is 11.6. The van der Waals surface area contributed by atoms with Crippen LogP contribution in [0.1, 0.15) is 19.6 Å². The highest BCUT2D eigenvalue weighted by Gasteiger charge is 2.26. The van der Waals surface area contributed by atoms with Gasteiger partial charge in [-0.1, -0.05) is 18.2 Å². The van der Waals surface area contributed by atoms with Gasteiger partial charge < -0.3 is 23.9 Å². The molecule has 164 valence electrons. The monoisotopic (exact) mass is 441 g/mol. The van der Waals surface area contributed by atoms with E-state index >= 15 is 0 Å². The third-order valence-electron chi connectivity index (χ3n) is 5.23. The third kappa shape index (κ3) is 5.32. The second-order valence-corrected chi connectivity index (χ2v) is 8.86. The van der Waals surface area contributed by atoms with Gasteiger partial charge in [0.1, 0.15) is 12.3 Å². The van der Waals surface area contributed by atoms with E-state index in [0.29, 0.717) is 25.4 Å². The summed E-state index contributed by atoms with van der Waals surface area (Å²) >= 11 is 1.47. The molecule has 0 bridgehead atoms. The molecule has 2 aromatic heterocycles. The third-order valence-corrected chi connectivity index (χ3v) is 6.27. The lowest BCUT2D eigenvalue weighted by Crippen LogP contribution is -2.49. The molecule has 0 radical (unpaired) electrons. The maximum atomic E-state index is 12.9. The van der Waals surface area contributed by atoms with Gasteiger partial charge in [-0.15, -0.1) is 11.8 Å². The average Bonchev–Trinajstić information content (AvgIpc) is 3.38. The molecule has 1 aromatic carbocycles. The van der Waals surface area contributed by atoms with E-state index in [9.17, 15) is 9.59 Å². The van der Waals surface area contributed by atoms with Crippen molar-refractivity contribution in [3.63, 3.8) is 0 Å². The Morgan fingerprint density at radius 3 is 2.65 bits per heavy atom. The second kappa shape index (κ2) is 9.62. The standard InChI is InChI=1S/C23H27N3O4S/c1-16-11-26(12-17(2)30-16)23(28)14-25-13-21(19-7-3-4-8-20(19)25)31-15-22(27)24-10-18-6-5-9-29-18/h3-9,13,16-17H,10-12,14-15H2,1-2H3,(H,24,27). The molecule has 2 unspecified atom stereocenters. The van der Waals surface area contributed by atoms with E-state index in [4.69, 9.17) is 9.15 Å². The van der Waals surface area contributed by atoms with Gasteiger partial charge in [-0.2, -0.15) is 0 Å². The van der Waals surface area contributed by atoms with Crippen LogP contribution in [0.3, 0.4) is 0 Å². The van der Waals surface area contributed by atoms with Crippen molar-refractivity contribution in [2.75, 3.05) is 18.8 Å². The van der Waals surface area contributed by atoms with Gasteiger partial charge >= 0.3 is 0 Å². The van der Waals surface area contributed by atoms with E-state index in [1.165, 1.54) is 11.8 Å². The van der Waals surface area contributed by atoms with Crippen molar-refractivity contribution in [1.29, 1.82) is 0 Å². The van der Waals surface area contributed by atoms with Gasteiger partial charge in [0.2, 0.25) is 11.8 Å². The lowest BCUT2D eigenvalue weighted by atomic mass is 10.2. The van der Waals surface area contributed by atoms with E-state index < -0.39 is 0 Å². The minimum atomic E-state index is -0.0643. The SMILES string of the molecule is CC1CN(C(=O)Cn2cc(SCC(=O)NCc3ccco3)c3ccccc32)CC(C)O1. The molecule has 3 heterocycles. The first-order valence-electron chi connectivity index (χ1n) is 10.4. The zero-order chi connectivity index (χ0) is 21.8. The first kappa shape index (κ1) is 21.5. The first-order valence-corrected chi connectivity index (χ1v) is 11.4. The Hall–Kier alpha value is -2.71. The van der Waals surface area contributed by atoms with Crippen LogP contribution < -0.4 is 5.32 Å². The van der Waals surface area contributed by atoms with Crippen molar-refractivity contribution in [3.8, 4) is 0 Å². The number of hydrogen-bond donors (Lipinski definition) is 1. The van der Waals surface area contributed by atoms with Crippen LogP contribution in [0.5, 0.6) is 0 Å². The quantitative estimate of drug-likeness (QED) is 0.570. The summed E-state index contributed by atoms with van der Waals surface area (Å²) in [7, 11) is 0. The second-order valence-electron chi connectivity index (χ2n) is 7.84. The number of amides is 2. The van der Waals surface area contributed by atoms with Gasteiger partial charge in [-0.25, -0.2) is 0 Å². The van der Waals surface area contributed by atoms with Crippen molar-refractivity contribution in [1.82, 2.24) is 14.8 Å². The Kier molecular flexibility index (Phi) is 6.67. The van der Waals surface area contributed by atoms with Crippen LogP contribution in [0, 0.1) is 0 Å². The molecule has 0 spiro atoms. The highest BCUT2D eigenvalue weighted by molar-refractivity contribution is 8.00. The summed E-state index contributed by atoms with van der Waals surface area (Å²) in [5.41, 5.74) is 0.990. The molecule has 0 saturated carbocycles. The van der Waals surface area contributed by atoms with Crippen molar-refractivity contribution >= 4 is 34.5 Å². The number of thioether (sulfide) groups is 1. The molecule has 1 N–H and O–H groups in total. The van der Waals surface area contributed by atoms with Gasteiger partial charge in [0.15, 0.2) is 0 Å². The molecule has 2 amide bonds. The number of benzene rings is 1. The minimum absolute atomic E-state index is 0.0416. The van der Waals surface area contributed by atoms with Gasteiger partial charge in [0.05, 0.1) is 30.8 Å². The van der Waals surface area contributed by atoms with Crippen molar-refractivity contribution in [2.45, 2.75) is 44.0 Å². The first-order chi connectivity index (χ1) is 15.0. The van der Waals surface area contributed by atoms with Crippen molar-refractivity contribution in [2.24, 2.45) is 0 Å². The molecule has 2 atom stereocenters. The normalized spacial score (nSPS) is 19.0. The molecule has 3 aromatic rings. The summed E-state index contributed by atoms with van der Waals surface area (Å²) in [5.74, 6) is 1.03. The fourth-order valence-electron chi connectivity index (χ4n) is 3.88. The predicted octanol–water partition coefficient (Wildman–Crippen LogP) is 3.28. The van der Waals surface area contributed by atoms with Crippen molar-refractivity contribution < 1.29 is 18.7 Å². The van der Waals surface area contributed by atoms with Crippen LogP contribution in [-0.4, -0.2) is 52.3 Å². The summed E-state index contributed by atoms with van der Waals surface area (Å²) in [6.45, 7) is 5.85. The average molecular weight is 442 g/mol. The molecule has 1 aliphatic rings. The van der Waals surface area contributed by atoms with Gasteiger partial charge in [-0.05, 0) is 32.0 Å². The van der Waals surface area contributed by atoms with Crippen LogP contribution >= 0.6 is 11.8 Å². The summed E-state index contributed by atoms with van der Waals surface area (Å²) in [6.07, 6.45) is 3.64. The van der Waals surface area contributed by atoms with Crippen LogP contribution in [-0.2, 0) is 27.4 Å². The van der Waals surface area contributed by atoms with Crippen LogP contribution in [0.25, 0.3) is 10.9 Å². The highest BCUT2D eigenvalue weighted by Crippen LogP contribution is 2.30.